The lowest BCUT2D eigenvalue weighted by Gasteiger charge is -2.42. The van der Waals surface area contributed by atoms with Crippen molar-refractivity contribution in [3.8, 4) is 0 Å². The van der Waals surface area contributed by atoms with Crippen molar-refractivity contribution in [2.75, 3.05) is 36.4 Å². The number of ketones is 1. The van der Waals surface area contributed by atoms with E-state index in [9.17, 15) is 19.2 Å². The fourth-order valence-corrected chi connectivity index (χ4v) is 4.89. The number of rotatable bonds is 3. The lowest BCUT2D eigenvalue weighted by Crippen LogP contribution is -2.63. The molecule has 0 saturated carbocycles. The number of anilines is 2. The van der Waals surface area contributed by atoms with Gasteiger partial charge in [-0.15, -0.1) is 0 Å². The molecule has 2 N–H and O–H groups in total. The van der Waals surface area contributed by atoms with Crippen LogP contribution in [0.3, 0.4) is 0 Å². The van der Waals surface area contributed by atoms with Crippen molar-refractivity contribution in [1.29, 1.82) is 0 Å². The normalized spacial score (nSPS) is 25.3. The fourth-order valence-electron chi connectivity index (χ4n) is 4.89. The minimum absolute atomic E-state index is 0.118. The average Bonchev–Trinajstić information content (AvgIpc) is 2.79. The van der Waals surface area contributed by atoms with Gasteiger partial charge in [-0.05, 0) is 70.7 Å². The molecule has 9 heteroatoms. The number of benzene rings is 1. The SMILES string of the molecule is CC(C)(C)OC(=O)N1CCC2NC(=O)C(C(=O)Nc3ccc(N4CCCCC4)cc3)C(=O)C2C1. The predicted octanol–water partition coefficient (Wildman–Crippen LogP) is 2.56. The number of hydrogen-bond donors (Lipinski definition) is 2. The molecule has 3 atom stereocenters. The number of fused-ring (bicyclic) bond motifs is 1. The molecule has 0 aliphatic carbocycles. The molecule has 34 heavy (non-hydrogen) atoms. The maximum absolute atomic E-state index is 13.2. The van der Waals surface area contributed by atoms with Crippen molar-refractivity contribution in [3.05, 3.63) is 24.3 Å². The Hall–Kier alpha value is -3.10. The van der Waals surface area contributed by atoms with Crippen molar-refractivity contribution in [3.63, 3.8) is 0 Å². The van der Waals surface area contributed by atoms with Gasteiger partial charge < -0.3 is 25.2 Å². The summed E-state index contributed by atoms with van der Waals surface area (Å²) in [5.41, 5.74) is 0.981. The molecule has 0 spiro atoms. The zero-order chi connectivity index (χ0) is 24.5. The number of carbonyl (C=O) groups is 4. The number of nitrogens with one attached hydrogen (secondary N) is 2. The standard InChI is InChI=1S/C25H34N4O5/c1-25(2,3)34-24(33)29-14-11-19-18(15-29)21(30)20(23(32)27-19)22(31)26-16-7-9-17(10-8-16)28-12-5-4-6-13-28/h7-10,18-20H,4-6,11-15H2,1-3H3,(H,26,31)(H,27,32). The number of Topliss-reactive ketones (excluding diaryl/α,β-unsaturated/α-hetero) is 1. The molecule has 9 nitrogen and oxygen atoms in total. The van der Waals surface area contributed by atoms with Crippen LogP contribution in [-0.4, -0.2) is 66.4 Å². The number of carbonyl (C=O) groups excluding carboxylic acids is 4. The lowest BCUT2D eigenvalue weighted by atomic mass is 9.78. The number of amides is 3. The maximum atomic E-state index is 13.2. The summed E-state index contributed by atoms with van der Waals surface area (Å²) in [7, 11) is 0. The van der Waals surface area contributed by atoms with Crippen molar-refractivity contribution in [2.45, 2.75) is 58.1 Å². The van der Waals surface area contributed by atoms with E-state index in [1.165, 1.54) is 24.2 Å². The first kappa shape index (κ1) is 24.0. The Balaban J connectivity index is 1.40. The van der Waals surface area contributed by atoms with E-state index in [0.29, 0.717) is 18.7 Å². The molecule has 3 unspecified atom stereocenters. The highest BCUT2D eigenvalue weighted by atomic mass is 16.6. The van der Waals surface area contributed by atoms with Crippen LogP contribution < -0.4 is 15.5 Å². The van der Waals surface area contributed by atoms with Gasteiger partial charge in [0.05, 0.1) is 5.92 Å². The van der Waals surface area contributed by atoms with Gasteiger partial charge in [-0.1, -0.05) is 0 Å². The molecule has 1 aromatic rings. The fraction of sp³-hybridized carbons (Fsp3) is 0.600. The van der Waals surface area contributed by atoms with E-state index < -0.39 is 41.1 Å². The van der Waals surface area contributed by atoms with E-state index in [-0.39, 0.29) is 12.6 Å². The summed E-state index contributed by atoms with van der Waals surface area (Å²) < 4.78 is 5.43. The minimum atomic E-state index is -1.44. The summed E-state index contributed by atoms with van der Waals surface area (Å²) in [6.45, 7) is 7.88. The molecule has 3 fully saturated rings. The average molecular weight is 471 g/mol. The smallest absolute Gasteiger partial charge is 0.410 e. The van der Waals surface area contributed by atoms with Crippen LogP contribution >= 0.6 is 0 Å². The van der Waals surface area contributed by atoms with Gasteiger partial charge in [0.2, 0.25) is 11.8 Å². The molecular formula is C25H34N4O5. The van der Waals surface area contributed by atoms with Gasteiger partial charge in [0.15, 0.2) is 11.7 Å². The monoisotopic (exact) mass is 470 g/mol. The third-order valence-corrected chi connectivity index (χ3v) is 6.62. The van der Waals surface area contributed by atoms with Crippen LogP contribution in [0.5, 0.6) is 0 Å². The van der Waals surface area contributed by atoms with Crippen LogP contribution in [0.25, 0.3) is 0 Å². The van der Waals surface area contributed by atoms with Crippen LogP contribution in [0.1, 0.15) is 46.5 Å². The molecule has 0 radical (unpaired) electrons. The molecule has 3 aliphatic heterocycles. The number of nitrogens with zero attached hydrogens (tertiary/aromatic N) is 2. The second kappa shape index (κ2) is 9.64. The number of hydrogen-bond acceptors (Lipinski definition) is 6. The molecule has 3 heterocycles. The Labute approximate surface area is 200 Å². The number of ether oxygens (including phenoxy) is 1. The van der Waals surface area contributed by atoms with Crippen LogP contribution in [0.15, 0.2) is 24.3 Å². The Kier molecular flexibility index (Phi) is 6.81. The summed E-state index contributed by atoms with van der Waals surface area (Å²) >= 11 is 0. The summed E-state index contributed by atoms with van der Waals surface area (Å²) in [5.74, 6) is -3.78. The molecule has 0 bridgehead atoms. The van der Waals surface area contributed by atoms with Crippen LogP contribution in [0.2, 0.25) is 0 Å². The van der Waals surface area contributed by atoms with Crippen molar-refractivity contribution < 1.29 is 23.9 Å². The maximum Gasteiger partial charge on any atom is 0.410 e. The third kappa shape index (κ3) is 5.34. The third-order valence-electron chi connectivity index (χ3n) is 6.62. The Morgan fingerprint density at radius 2 is 1.71 bits per heavy atom. The van der Waals surface area contributed by atoms with Crippen molar-refractivity contribution in [1.82, 2.24) is 10.2 Å². The second-order valence-electron chi connectivity index (χ2n) is 10.4. The topological polar surface area (TPSA) is 108 Å². The van der Waals surface area contributed by atoms with Gasteiger partial charge >= 0.3 is 6.09 Å². The first-order valence-corrected chi connectivity index (χ1v) is 12.1. The zero-order valence-electron chi connectivity index (χ0n) is 20.1. The van der Waals surface area contributed by atoms with Gasteiger partial charge in [-0.2, -0.15) is 0 Å². The van der Waals surface area contributed by atoms with Gasteiger partial charge in [-0.3, -0.25) is 14.4 Å². The van der Waals surface area contributed by atoms with Gasteiger partial charge in [-0.25, -0.2) is 4.79 Å². The largest absolute Gasteiger partial charge is 0.444 e. The minimum Gasteiger partial charge on any atom is -0.444 e. The second-order valence-corrected chi connectivity index (χ2v) is 10.4. The van der Waals surface area contributed by atoms with Crippen molar-refractivity contribution in [2.24, 2.45) is 11.8 Å². The van der Waals surface area contributed by atoms with Crippen LogP contribution in [0.4, 0.5) is 16.2 Å². The molecule has 4 rings (SSSR count). The summed E-state index contributed by atoms with van der Waals surface area (Å²) in [6, 6.07) is 7.09. The summed E-state index contributed by atoms with van der Waals surface area (Å²) in [4.78, 5) is 55.1. The quantitative estimate of drug-likeness (QED) is 0.658. The molecule has 1 aromatic carbocycles. The van der Waals surface area contributed by atoms with E-state index in [1.807, 2.05) is 12.1 Å². The predicted molar refractivity (Wildman–Crippen MR) is 127 cm³/mol. The van der Waals surface area contributed by atoms with Crippen LogP contribution in [-0.2, 0) is 19.1 Å². The van der Waals surface area contributed by atoms with Gasteiger partial charge in [0.25, 0.3) is 0 Å². The molecule has 3 amide bonds. The Morgan fingerprint density at radius 1 is 1.03 bits per heavy atom. The number of likely N-dealkylation sites (tertiary alicyclic amines) is 1. The first-order valence-electron chi connectivity index (χ1n) is 12.1. The highest BCUT2D eigenvalue weighted by Gasteiger charge is 2.49. The Bertz CT molecular complexity index is 949. The summed E-state index contributed by atoms with van der Waals surface area (Å²) in [6.07, 6.45) is 3.54. The van der Waals surface area contributed by atoms with E-state index in [1.54, 1.807) is 32.9 Å². The van der Waals surface area contributed by atoms with E-state index in [0.717, 1.165) is 18.8 Å². The van der Waals surface area contributed by atoms with E-state index in [2.05, 4.69) is 15.5 Å². The first-order chi connectivity index (χ1) is 16.1. The van der Waals surface area contributed by atoms with Crippen LogP contribution in [0, 0.1) is 11.8 Å². The molecule has 184 valence electrons. The highest BCUT2D eigenvalue weighted by molar-refractivity contribution is 6.23. The highest BCUT2D eigenvalue weighted by Crippen LogP contribution is 2.28. The molecule has 0 aromatic heterocycles. The summed E-state index contributed by atoms with van der Waals surface area (Å²) in [5, 5.41) is 5.54. The molecule has 3 saturated heterocycles. The van der Waals surface area contributed by atoms with Crippen molar-refractivity contribution >= 4 is 35.1 Å². The molecule has 3 aliphatic rings. The van der Waals surface area contributed by atoms with Gasteiger partial charge in [0, 0.05) is 43.6 Å². The van der Waals surface area contributed by atoms with E-state index in [4.69, 9.17) is 4.74 Å². The van der Waals surface area contributed by atoms with Gasteiger partial charge in [0.1, 0.15) is 5.60 Å². The number of piperidine rings is 3. The zero-order valence-corrected chi connectivity index (χ0v) is 20.1. The lowest BCUT2D eigenvalue weighted by molar-refractivity contribution is -0.147. The van der Waals surface area contributed by atoms with E-state index >= 15 is 0 Å². The molecular weight excluding hydrogens is 436 g/mol. The Morgan fingerprint density at radius 3 is 2.35 bits per heavy atom.